The molecule has 2 aromatic heterocycles. The monoisotopic (exact) mass is 753 g/mol. The summed E-state index contributed by atoms with van der Waals surface area (Å²) >= 11 is 0. The van der Waals surface area contributed by atoms with Crippen molar-refractivity contribution >= 4 is 21.5 Å². The van der Waals surface area contributed by atoms with E-state index in [1.807, 2.05) is 30.5 Å². The van der Waals surface area contributed by atoms with Crippen molar-refractivity contribution in [2.75, 3.05) is 0 Å². The lowest BCUT2D eigenvalue weighted by Gasteiger charge is -2.23. The average Bonchev–Trinajstić information content (AvgIpc) is 3.55. The molecule has 0 saturated carbocycles. The third kappa shape index (κ3) is 5.85. The maximum Gasteiger partial charge on any atom is 0.160 e. The number of pyridine rings is 1. The Bertz CT molecular complexity index is 3240. The van der Waals surface area contributed by atoms with E-state index in [-0.39, 0.29) is 5.41 Å². The first kappa shape index (κ1) is 34.7. The summed E-state index contributed by atoms with van der Waals surface area (Å²) in [6.45, 7) is 4.75. The summed E-state index contributed by atoms with van der Waals surface area (Å²) in [6.07, 6.45) is 3.70. The SMILES string of the molecule is CC1(C)c2cccc(-c3cccc(-c4ccc(-c5cc(-c6cccc(-c7cccnc7)c6)nc(-c6ccccc6)n5)c5ccccc45)c3)c2-c2ccc3ccccc3c21. The normalized spacial score (nSPS) is 12.7. The zero-order chi connectivity index (χ0) is 39.5. The predicted octanol–water partition coefficient (Wildman–Crippen LogP) is 14.5. The molecule has 1 aliphatic rings. The Morgan fingerprint density at radius 1 is 0.390 bits per heavy atom. The van der Waals surface area contributed by atoms with Gasteiger partial charge in [0.25, 0.3) is 0 Å². The second kappa shape index (κ2) is 13.9. The molecule has 2 heterocycles. The first-order valence-electron chi connectivity index (χ1n) is 20.3. The van der Waals surface area contributed by atoms with E-state index in [9.17, 15) is 0 Å². The van der Waals surface area contributed by atoms with Crippen LogP contribution in [0.2, 0.25) is 0 Å². The third-order valence-corrected chi connectivity index (χ3v) is 12.2. The standard InChI is InChI=1S/C56H39N3/c1-56(2)50-26-12-25-44(53(50)49-28-27-36-14-6-7-22-45(36)54(49)56)40-19-11-18-39(33-40)43-29-30-48(47-24-9-8-23-46(43)47)52-34-51(58-55(59-52)37-15-4-3-5-16-37)41-20-10-17-38(32-41)42-21-13-31-57-35-42/h3-35H,1-2H3. The molecular formula is C56H39N3. The van der Waals surface area contributed by atoms with Gasteiger partial charge in [-0.15, -0.1) is 0 Å². The maximum absolute atomic E-state index is 5.25. The Labute approximate surface area is 344 Å². The molecule has 0 N–H and O–H groups in total. The van der Waals surface area contributed by atoms with E-state index in [1.54, 1.807) is 6.20 Å². The number of fused-ring (bicyclic) bond motifs is 6. The summed E-state index contributed by atoms with van der Waals surface area (Å²) in [7, 11) is 0. The number of hydrogen-bond donors (Lipinski definition) is 0. The van der Waals surface area contributed by atoms with Gasteiger partial charge in [0.1, 0.15) is 0 Å². The maximum atomic E-state index is 5.25. The van der Waals surface area contributed by atoms with Crippen LogP contribution in [0, 0.1) is 0 Å². The molecule has 3 heteroatoms. The molecule has 59 heavy (non-hydrogen) atoms. The number of nitrogens with zero attached hydrogens (tertiary/aromatic N) is 3. The van der Waals surface area contributed by atoms with Crippen LogP contribution in [0.15, 0.2) is 200 Å². The summed E-state index contributed by atoms with van der Waals surface area (Å²) in [4.78, 5) is 14.8. The van der Waals surface area contributed by atoms with Gasteiger partial charge < -0.3 is 0 Å². The Kier molecular flexibility index (Phi) is 8.16. The summed E-state index contributed by atoms with van der Waals surface area (Å²) in [5.74, 6) is 0.693. The Morgan fingerprint density at radius 3 is 1.81 bits per heavy atom. The van der Waals surface area contributed by atoms with E-state index in [1.165, 1.54) is 60.7 Å². The molecule has 0 unspecified atom stereocenters. The van der Waals surface area contributed by atoms with Crippen molar-refractivity contribution < 1.29 is 0 Å². The number of aromatic nitrogens is 3. The van der Waals surface area contributed by atoms with Crippen LogP contribution in [0.25, 0.3) is 100.0 Å². The third-order valence-electron chi connectivity index (χ3n) is 12.2. The zero-order valence-electron chi connectivity index (χ0n) is 32.9. The van der Waals surface area contributed by atoms with Crippen molar-refractivity contribution in [1.82, 2.24) is 15.0 Å². The van der Waals surface area contributed by atoms with Gasteiger partial charge in [0.2, 0.25) is 0 Å². The minimum absolute atomic E-state index is 0.116. The predicted molar refractivity (Wildman–Crippen MR) is 245 cm³/mol. The minimum atomic E-state index is -0.116. The van der Waals surface area contributed by atoms with Crippen molar-refractivity contribution in [1.29, 1.82) is 0 Å². The van der Waals surface area contributed by atoms with E-state index < -0.39 is 0 Å². The average molecular weight is 754 g/mol. The smallest absolute Gasteiger partial charge is 0.160 e. The molecule has 1 aliphatic carbocycles. The van der Waals surface area contributed by atoms with Gasteiger partial charge in [0, 0.05) is 40.1 Å². The van der Waals surface area contributed by atoms with Crippen molar-refractivity contribution in [3.63, 3.8) is 0 Å². The van der Waals surface area contributed by atoms with Crippen molar-refractivity contribution in [2.24, 2.45) is 0 Å². The fourth-order valence-electron chi connectivity index (χ4n) is 9.36. The first-order valence-corrected chi connectivity index (χ1v) is 20.3. The molecule has 0 saturated heterocycles. The number of rotatable bonds is 6. The minimum Gasteiger partial charge on any atom is -0.264 e. The van der Waals surface area contributed by atoms with E-state index in [4.69, 9.17) is 9.97 Å². The molecule has 8 aromatic carbocycles. The summed E-state index contributed by atoms with van der Waals surface area (Å²) in [6, 6.07) is 67.5. The van der Waals surface area contributed by atoms with Crippen LogP contribution < -0.4 is 0 Å². The van der Waals surface area contributed by atoms with Crippen molar-refractivity contribution in [2.45, 2.75) is 19.3 Å². The van der Waals surface area contributed by atoms with E-state index in [2.05, 4.69) is 183 Å². The van der Waals surface area contributed by atoms with E-state index in [0.29, 0.717) is 5.82 Å². The molecule has 11 rings (SSSR count). The molecular weight excluding hydrogens is 715 g/mol. The van der Waals surface area contributed by atoms with Gasteiger partial charge in [0.05, 0.1) is 11.4 Å². The van der Waals surface area contributed by atoms with Crippen LogP contribution in [0.3, 0.4) is 0 Å². The van der Waals surface area contributed by atoms with Crippen molar-refractivity contribution in [3.05, 3.63) is 212 Å². The number of hydrogen-bond acceptors (Lipinski definition) is 3. The fraction of sp³-hybridized carbons (Fsp3) is 0.0536. The van der Waals surface area contributed by atoms with Crippen LogP contribution in [-0.4, -0.2) is 15.0 Å². The molecule has 3 nitrogen and oxygen atoms in total. The second-order valence-electron chi connectivity index (χ2n) is 16.0. The number of benzene rings is 8. The molecule has 0 bridgehead atoms. The summed E-state index contributed by atoms with van der Waals surface area (Å²) in [5, 5.41) is 4.95. The van der Waals surface area contributed by atoms with Gasteiger partial charge >= 0.3 is 0 Å². The van der Waals surface area contributed by atoms with Gasteiger partial charge in [-0.2, -0.15) is 0 Å². The lowest BCUT2D eigenvalue weighted by molar-refractivity contribution is 0.666. The molecule has 0 fully saturated rings. The van der Waals surface area contributed by atoms with E-state index >= 15 is 0 Å². The topological polar surface area (TPSA) is 38.7 Å². The highest BCUT2D eigenvalue weighted by Crippen LogP contribution is 2.54. The van der Waals surface area contributed by atoms with Crippen LogP contribution in [0.5, 0.6) is 0 Å². The molecule has 278 valence electrons. The highest BCUT2D eigenvalue weighted by Gasteiger charge is 2.38. The van der Waals surface area contributed by atoms with Crippen molar-refractivity contribution in [3.8, 4) is 78.4 Å². The summed E-state index contributed by atoms with van der Waals surface area (Å²) in [5.41, 5.74) is 17.2. The molecule has 0 aliphatic heterocycles. The molecule has 0 amide bonds. The van der Waals surface area contributed by atoms with Crippen LogP contribution >= 0.6 is 0 Å². The molecule has 0 spiro atoms. The fourth-order valence-corrected chi connectivity index (χ4v) is 9.36. The second-order valence-corrected chi connectivity index (χ2v) is 16.0. The first-order chi connectivity index (χ1) is 29.0. The quantitative estimate of drug-likeness (QED) is 0.170. The van der Waals surface area contributed by atoms with Gasteiger partial charge in [0.15, 0.2) is 5.82 Å². The molecule has 10 aromatic rings. The van der Waals surface area contributed by atoms with Gasteiger partial charge in [-0.3, -0.25) is 4.98 Å². The summed E-state index contributed by atoms with van der Waals surface area (Å²) < 4.78 is 0. The van der Waals surface area contributed by atoms with E-state index in [0.717, 1.165) is 44.6 Å². The highest BCUT2D eigenvalue weighted by molar-refractivity contribution is 6.06. The van der Waals surface area contributed by atoms with Crippen LogP contribution in [-0.2, 0) is 5.41 Å². The largest absolute Gasteiger partial charge is 0.264 e. The Hall–Kier alpha value is -7.49. The van der Waals surface area contributed by atoms with Crippen LogP contribution in [0.4, 0.5) is 0 Å². The lowest BCUT2D eigenvalue weighted by atomic mass is 9.80. The van der Waals surface area contributed by atoms with Gasteiger partial charge in [-0.25, -0.2) is 9.97 Å². The van der Waals surface area contributed by atoms with Gasteiger partial charge in [-0.05, 0) is 95.9 Å². The Balaban J connectivity index is 1.04. The lowest BCUT2D eigenvalue weighted by Crippen LogP contribution is -2.15. The molecule has 0 radical (unpaired) electrons. The molecule has 0 atom stereocenters. The Morgan fingerprint density at radius 2 is 1.00 bits per heavy atom. The van der Waals surface area contributed by atoms with Crippen LogP contribution in [0.1, 0.15) is 25.0 Å². The van der Waals surface area contributed by atoms with Gasteiger partial charge in [-0.1, -0.05) is 178 Å². The highest BCUT2D eigenvalue weighted by atomic mass is 14.9. The zero-order valence-corrected chi connectivity index (χ0v) is 32.9.